The summed E-state index contributed by atoms with van der Waals surface area (Å²) in [5.41, 5.74) is 0.167. The van der Waals surface area contributed by atoms with E-state index in [-0.39, 0.29) is 18.5 Å². The van der Waals surface area contributed by atoms with Gasteiger partial charge in [-0.1, -0.05) is 19.3 Å². The van der Waals surface area contributed by atoms with Crippen molar-refractivity contribution < 1.29 is 14.7 Å². The van der Waals surface area contributed by atoms with E-state index in [4.69, 9.17) is 11.5 Å². The number of carboxylic acid groups (broad SMARTS) is 1. The Balaban J connectivity index is 2.41. The number of nitrogens with zero attached hydrogens (tertiary/aromatic N) is 1. The maximum atomic E-state index is 11.7. The molecule has 0 aliphatic heterocycles. The van der Waals surface area contributed by atoms with E-state index >= 15 is 0 Å². The summed E-state index contributed by atoms with van der Waals surface area (Å²) in [5.74, 6) is 1.22. The number of urea groups is 1. The minimum absolute atomic E-state index is 0.00878. The predicted molar refractivity (Wildman–Crippen MR) is 63.4 cm³/mol. The van der Waals surface area contributed by atoms with Crippen LogP contribution in [0.1, 0.15) is 26.2 Å². The topological polar surface area (TPSA) is 69.6 Å². The predicted octanol–water partition coefficient (Wildman–Crippen LogP) is 0.906. The lowest BCUT2D eigenvalue weighted by Gasteiger charge is -2.38. The molecule has 5 heteroatoms. The van der Waals surface area contributed by atoms with Gasteiger partial charge in [0.1, 0.15) is 6.54 Å². The molecular weight excluding hydrogens is 220 g/mol. The molecule has 0 atom stereocenters. The Labute approximate surface area is 101 Å². The van der Waals surface area contributed by atoms with Crippen LogP contribution in [0.15, 0.2) is 0 Å². The molecule has 1 fully saturated rings. The number of rotatable bonds is 5. The molecule has 0 heterocycles. The number of carboxylic acids is 1. The molecule has 2 amide bonds. The molecule has 0 saturated heterocycles. The van der Waals surface area contributed by atoms with E-state index < -0.39 is 12.0 Å². The van der Waals surface area contributed by atoms with Crippen LogP contribution in [0.2, 0.25) is 0 Å². The molecule has 2 N–H and O–H groups in total. The highest BCUT2D eigenvalue weighted by Gasteiger charge is 2.32. The molecule has 0 unspecified atom stereocenters. The van der Waals surface area contributed by atoms with Crippen LogP contribution < -0.4 is 5.32 Å². The van der Waals surface area contributed by atoms with Crippen molar-refractivity contribution >= 4 is 12.0 Å². The van der Waals surface area contributed by atoms with Crippen molar-refractivity contribution in [2.45, 2.75) is 26.2 Å². The zero-order valence-electron chi connectivity index (χ0n) is 10.0. The van der Waals surface area contributed by atoms with Crippen molar-refractivity contribution in [3.05, 3.63) is 0 Å². The van der Waals surface area contributed by atoms with Gasteiger partial charge in [0, 0.05) is 6.54 Å². The third kappa shape index (κ3) is 3.99. The van der Waals surface area contributed by atoms with Gasteiger partial charge in [-0.05, 0) is 18.3 Å². The number of terminal acetylenes is 1. The second-order valence-electron chi connectivity index (χ2n) is 4.78. The van der Waals surface area contributed by atoms with E-state index in [2.05, 4.69) is 18.2 Å². The zero-order valence-corrected chi connectivity index (χ0v) is 10.0. The summed E-state index contributed by atoms with van der Waals surface area (Å²) < 4.78 is 0. The first-order valence-electron chi connectivity index (χ1n) is 5.65. The smallest absolute Gasteiger partial charge is 0.323 e. The molecule has 17 heavy (non-hydrogen) atoms. The lowest BCUT2D eigenvalue weighted by molar-refractivity contribution is -0.137. The quantitative estimate of drug-likeness (QED) is 0.699. The highest BCUT2D eigenvalue weighted by Crippen LogP contribution is 2.39. The molecule has 1 aliphatic rings. The second kappa shape index (κ2) is 5.58. The van der Waals surface area contributed by atoms with Crippen LogP contribution in [-0.2, 0) is 4.79 Å². The van der Waals surface area contributed by atoms with Gasteiger partial charge in [-0.3, -0.25) is 4.79 Å². The highest BCUT2D eigenvalue weighted by atomic mass is 16.4. The lowest BCUT2D eigenvalue weighted by atomic mass is 9.70. The fourth-order valence-electron chi connectivity index (χ4n) is 1.83. The molecule has 0 aromatic carbocycles. The third-order valence-corrected chi connectivity index (χ3v) is 3.12. The minimum Gasteiger partial charge on any atom is -0.480 e. The molecule has 1 saturated carbocycles. The van der Waals surface area contributed by atoms with Crippen LogP contribution in [0.5, 0.6) is 0 Å². The monoisotopic (exact) mass is 238 g/mol. The molecular formula is C12H18N2O3. The molecule has 5 nitrogen and oxygen atoms in total. The molecule has 0 radical (unpaired) electrons. The summed E-state index contributed by atoms with van der Waals surface area (Å²) in [6.45, 7) is 2.33. The van der Waals surface area contributed by atoms with E-state index in [0.29, 0.717) is 6.54 Å². The Hall–Kier alpha value is -1.70. The fourth-order valence-corrected chi connectivity index (χ4v) is 1.83. The molecule has 0 aromatic heterocycles. The SMILES string of the molecule is C#CCN(CC(=O)O)C(=O)NCC1(C)CCC1. The highest BCUT2D eigenvalue weighted by molar-refractivity contribution is 5.80. The molecule has 0 aromatic rings. The van der Waals surface area contributed by atoms with Crippen molar-refractivity contribution in [3.8, 4) is 12.3 Å². The second-order valence-corrected chi connectivity index (χ2v) is 4.78. The van der Waals surface area contributed by atoms with Crippen molar-refractivity contribution in [2.24, 2.45) is 5.41 Å². The summed E-state index contributed by atoms with van der Waals surface area (Å²) in [6.07, 6.45) is 8.48. The first-order chi connectivity index (χ1) is 7.97. The fraction of sp³-hybridized carbons (Fsp3) is 0.667. The number of hydrogen-bond acceptors (Lipinski definition) is 2. The maximum absolute atomic E-state index is 11.7. The minimum atomic E-state index is -1.06. The number of amides is 2. The van der Waals surface area contributed by atoms with Gasteiger partial charge in [0.2, 0.25) is 0 Å². The van der Waals surface area contributed by atoms with E-state index in [1.165, 1.54) is 6.42 Å². The Bertz CT molecular complexity index is 342. The summed E-state index contributed by atoms with van der Waals surface area (Å²) in [4.78, 5) is 23.4. The Morgan fingerprint density at radius 1 is 1.53 bits per heavy atom. The van der Waals surface area contributed by atoms with E-state index in [9.17, 15) is 9.59 Å². The summed E-state index contributed by atoms with van der Waals surface area (Å²) in [5, 5.41) is 11.4. The molecule has 1 aliphatic carbocycles. The standard InChI is InChI=1S/C12H18N2O3/c1-3-7-14(8-10(15)16)11(17)13-9-12(2)5-4-6-12/h1H,4-9H2,2H3,(H,13,17)(H,15,16). The van der Waals surface area contributed by atoms with E-state index in [1.54, 1.807) is 0 Å². The van der Waals surface area contributed by atoms with Gasteiger partial charge in [0.25, 0.3) is 0 Å². The summed E-state index contributed by atoms with van der Waals surface area (Å²) in [6, 6.07) is -0.404. The van der Waals surface area contributed by atoms with Crippen LogP contribution in [0, 0.1) is 17.8 Å². The first-order valence-corrected chi connectivity index (χ1v) is 5.65. The number of carbonyl (C=O) groups is 2. The van der Waals surface area contributed by atoms with E-state index in [1.807, 2.05) is 0 Å². The summed E-state index contributed by atoms with van der Waals surface area (Å²) >= 11 is 0. The van der Waals surface area contributed by atoms with Crippen LogP contribution in [0.4, 0.5) is 4.79 Å². The zero-order chi connectivity index (χ0) is 12.9. The van der Waals surface area contributed by atoms with Crippen molar-refractivity contribution in [1.29, 1.82) is 0 Å². The molecule has 94 valence electrons. The largest absolute Gasteiger partial charge is 0.480 e. The molecule has 0 spiro atoms. The molecule has 0 bridgehead atoms. The van der Waals surface area contributed by atoms with E-state index in [0.717, 1.165) is 17.7 Å². The van der Waals surface area contributed by atoms with Gasteiger partial charge < -0.3 is 15.3 Å². The van der Waals surface area contributed by atoms with Gasteiger partial charge in [-0.15, -0.1) is 6.42 Å². The van der Waals surface area contributed by atoms with Crippen LogP contribution >= 0.6 is 0 Å². The average Bonchev–Trinajstić information content (AvgIpc) is 2.22. The number of nitrogens with one attached hydrogen (secondary N) is 1. The number of carbonyl (C=O) groups excluding carboxylic acids is 1. The van der Waals surface area contributed by atoms with Gasteiger partial charge in [-0.2, -0.15) is 0 Å². The number of aliphatic carboxylic acids is 1. The Morgan fingerprint density at radius 2 is 2.18 bits per heavy atom. The van der Waals surface area contributed by atoms with Gasteiger partial charge in [0.05, 0.1) is 6.54 Å². The van der Waals surface area contributed by atoms with Crippen LogP contribution in [-0.4, -0.2) is 41.6 Å². The maximum Gasteiger partial charge on any atom is 0.323 e. The first kappa shape index (κ1) is 13.4. The average molecular weight is 238 g/mol. The normalized spacial score (nSPS) is 16.5. The van der Waals surface area contributed by atoms with Gasteiger partial charge in [0.15, 0.2) is 0 Å². The number of hydrogen-bond donors (Lipinski definition) is 2. The lowest BCUT2D eigenvalue weighted by Crippen LogP contribution is -2.47. The van der Waals surface area contributed by atoms with Crippen molar-refractivity contribution in [1.82, 2.24) is 10.2 Å². The van der Waals surface area contributed by atoms with Gasteiger partial charge in [-0.25, -0.2) is 4.79 Å². The van der Waals surface area contributed by atoms with Crippen molar-refractivity contribution in [2.75, 3.05) is 19.6 Å². The summed E-state index contributed by atoms with van der Waals surface area (Å²) in [7, 11) is 0. The Kier molecular flexibility index (Phi) is 4.38. The third-order valence-electron chi connectivity index (χ3n) is 3.12. The molecule has 1 rings (SSSR count). The Morgan fingerprint density at radius 3 is 2.59 bits per heavy atom. The van der Waals surface area contributed by atoms with Crippen LogP contribution in [0.25, 0.3) is 0 Å². The van der Waals surface area contributed by atoms with Crippen molar-refractivity contribution in [3.63, 3.8) is 0 Å². The van der Waals surface area contributed by atoms with Gasteiger partial charge >= 0.3 is 12.0 Å². The van der Waals surface area contributed by atoms with Crippen LogP contribution in [0.3, 0.4) is 0 Å².